The number of nitrogens with two attached hydrogens (primary N) is 1. The van der Waals surface area contributed by atoms with Gasteiger partial charge in [-0.25, -0.2) is 9.37 Å². The SMILES string of the molecule is CC1CC(=C(F)B2OC(C)(C)C(C)(C)O2)c2sc(N)nc2C1. The van der Waals surface area contributed by atoms with Crippen LogP contribution in [0.15, 0.2) is 5.73 Å². The Labute approximate surface area is 135 Å². The number of nitrogens with zero attached hydrogens (tertiary/aromatic N) is 1. The first-order valence-corrected chi connectivity index (χ1v) is 8.42. The molecule has 0 saturated carbocycles. The lowest BCUT2D eigenvalue weighted by molar-refractivity contribution is 0.00578. The summed E-state index contributed by atoms with van der Waals surface area (Å²) in [6, 6.07) is 0. The van der Waals surface area contributed by atoms with Crippen LogP contribution in [0, 0.1) is 5.92 Å². The average molecular weight is 324 g/mol. The fourth-order valence-electron chi connectivity index (χ4n) is 2.88. The first-order chi connectivity index (χ1) is 10.1. The quantitative estimate of drug-likeness (QED) is 0.802. The Balaban J connectivity index is 2.00. The third-order valence-corrected chi connectivity index (χ3v) is 5.82. The van der Waals surface area contributed by atoms with Gasteiger partial charge in [-0.3, -0.25) is 0 Å². The maximum absolute atomic E-state index is 15.1. The minimum atomic E-state index is -0.957. The Kier molecular flexibility index (Phi) is 3.66. The van der Waals surface area contributed by atoms with Gasteiger partial charge in [0.1, 0.15) is 5.73 Å². The second-order valence-corrected chi connectivity index (χ2v) is 8.29. The van der Waals surface area contributed by atoms with Crippen molar-refractivity contribution >= 4 is 29.2 Å². The molecule has 1 aromatic heterocycles. The van der Waals surface area contributed by atoms with E-state index in [1.807, 2.05) is 27.7 Å². The van der Waals surface area contributed by atoms with E-state index in [9.17, 15) is 0 Å². The minimum Gasteiger partial charge on any atom is -0.398 e. The van der Waals surface area contributed by atoms with E-state index in [1.165, 1.54) is 11.3 Å². The number of rotatable bonds is 1. The van der Waals surface area contributed by atoms with E-state index in [0.29, 0.717) is 23.0 Å². The van der Waals surface area contributed by atoms with E-state index in [-0.39, 0.29) is 5.73 Å². The van der Waals surface area contributed by atoms with Crippen molar-refractivity contribution in [1.82, 2.24) is 4.98 Å². The number of fused-ring (bicyclic) bond motifs is 1. The average Bonchev–Trinajstić information content (AvgIpc) is 2.84. The van der Waals surface area contributed by atoms with E-state index in [2.05, 4.69) is 11.9 Å². The second-order valence-electron chi connectivity index (χ2n) is 7.26. The smallest absolute Gasteiger partial charge is 0.398 e. The monoisotopic (exact) mass is 324 g/mol. The van der Waals surface area contributed by atoms with Crippen LogP contribution in [0.4, 0.5) is 9.52 Å². The highest BCUT2D eigenvalue weighted by Crippen LogP contribution is 2.44. The summed E-state index contributed by atoms with van der Waals surface area (Å²) in [5.74, 6) is 0.331. The van der Waals surface area contributed by atoms with Gasteiger partial charge in [-0.2, -0.15) is 0 Å². The summed E-state index contributed by atoms with van der Waals surface area (Å²) in [6.07, 6.45) is 1.49. The predicted molar refractivity (Wildman–Crippen MR) is 88.1 cm³/mol. The summed E-state index contributed by atoms with van der Waals surface area (Å²) in [4.78, 5) is 5.18. The number of hydrogen-bond donors (Lipinski definition) is 1. The molecule has 0 radical (unpaired) electrons. The Morgan fingerprint density at radius 3 is 2.45 bits per heavy atom. The van der Waals surface area contributed by atoms with E-state index in [0.717, 1.165) is 17.0 Å². The van der Waals surface area contributed by atoms with Crippen molar-refractivity contribution in [2.24, 2.45) is 5.92 Å². The molecule has 1 unspecified atom stereocenters. The summed E-state index contributed by atoms with van der Waals surface area (Å²) >= 11 is 1.34. The standard InChI is InChI=1S/C15H22BFN2O2S/c1-8-6-9(11-10(7-8)19-13(18)22-11)12(17)16-20-14(2,3)15(4,5)21-16/h8H,6-7H2,1-5H3,(H2,18,19). The molecule has 0 bridgehead atoms. The van der Waals surface area contributed by atoms with Crippen molar-refractivity contribution < 1.29 is 13.7 Å². The van der Waals surface area contributed by atoms with Gasteiger partial charge in [-0.1, -0.05) is 18.3 Å². The Bertz CT molecular complexity index is 625. The van der Waals surface area contributed by atoms with Crippen LogP contribution < -0.4 is 5.73 Å². The van der Waals surface area contributed by atoms with Crippen molar-refractivity contribution in [3.8, 4) is 0 Å². The zero-order valence-electron chi connectivity index (χ0n) is 13.7. The zero-order chi connectivity index (χ0) is 16.3. The van der Waals surface area contributed by atoms with Gasteiger partial charge in [0, 0.05) is 0 Å². The molecule has 2 aliphatic rings. The topological polar surface area (TPSA) is 57.4 Å². The number of nitrogen functional groups attached to an aromatic ring is 1. The minimum absolute atomic E-state index is 0.331. The van der Waals surface area contributed by atoms with Crippen LogP contribution in [0.1, 0.15) is 51.6 Å². The van der Waals surface area contributed by atoms with Crippen LogP contribution in [-0.2, 0) is 15.7 Å². The molecule has 7 heteroatoms. The molecule has 1 fully saturated rings. The molecule has 3 rings (SSSR count). The van der Waals surface area contributed by atoms with Gasteiger partial charge in [0.2, 0.25) is 0 Å². The highest BCUT2D eigenvalue weighted by atomic mass is 32.1. The molecular weight excluding hydrogens is 302 g/mol. The number of hydrogen-bond acceptors (Lipinski definition) is 5. The summed E-state index contributed by atoms with van der Waals surface area (Å²) in [5, 5.41) is 0.485. The highest BCUT2D eigenvalue weighted by Gasteiger charge is 2.54. The van der Waals surface area contributed by atoms with Crippen molar-refractivity contribution in [2.45, 2.75) is 58.7 Å². The molecule has 120 valence electrons. The largest absolute Gasteiger partial charge is 0.525 e. The van der Waals surface area contributed by atoms with Crippen molar-refractivity contribution in [3.05, 3.63) is 16.3 Å². The van der Waals surface area contributed by atoms with E-state index in [4.69, 9.17) is 15.0 Å². The van der Waals surface area contributed by atoms with Crippen LogP contribution in [0.3, 0.4) is 0 Å². The summed E-state index contributed by atoms with van der Waals surface area (Å²) in [6.45, 7) is 9.78. The Morgan fingerprint density at radius 2 is 1.86 bits per heavy atom. The fraction of sp³-hybridized carbons (Fsp3) is 0.667. The number of thiazole rings is 1. The second kappa shape index (κ2) is 5.04. The van der Waals surface area contributed by atoms with Gasteiger partial charge < -0.3 is 15.0 Å². The van der Waals surface area contributed by atoms with Crippen LogP contribution in [0.5, 0.6) is 0 Å². The molecule has 0 spiro atoms. The first kappa shape index (κ1) is 16.0. The van der Waals surface area contributed by atoms with Crippen LogP contribution in [0.25, 0.3) is 5.57 Å². The zero-order valence-corrected chi connectivity index (χ0v) is 14.5. The van der Waals surface area contributed by atoms with E-state index in [1.54, 1.807) is 0 Å². The Morgan fingerprint density at radius 1 is 1.27 bits per heavy atom. The highest BCUT2D eigenvalue weighted by molar-refractivity contribution is 7.16. The number of aromatic nitrogens is 1. The molecule has 2 N–H and O–H groups in total. The molecule has 1 aliphatic heterocycles. The lowest BCUT2D eigenvalue weighted by Crippen LogP contribution is -2.41. The van der Waals surface area contributed by atoms with Crippen molar-refractivity contribution in [3.63, 3.8) is 0 Å². The molecule has 0 amide bonds. The van der Waals surface area contributed by atoms with Crippen LogP contribution >= 0.6 is 11.3 Å². The van der Waals surface area contributed by atoms with Gasteiger partial charge in [-0.15, -0.1) is 0 Å². The molecular formula is C15H22BFN2O2S. The van der Waals surface area contributed by atoms with Gasteiger partial charge in [0.25, 0.3) is 0 Å². The normalized spacial score (nSPS) is 28.6. The maximum Gasteiger partial charge on any atom is 0.525 e. The number of halogens is 1. The first-order valence-electron chi connectivity index (χ1n) is 7.60. The molecule has 0 aromatic carbocycles. The van der Waals surface area contributed by atoms with Gasteiger partial charge in [0.05, 0.1) is 21.8 Å². The lowest BCUT2D eigenvalue weighted by Gasteiger charge is -2.32. The van der Waals surface area contributed by atoms with Crippen molar-refractivity contribution in [1.29, 1.82) is 0 Å². The third kappa shape index (κ3) is 2.49. The fourth-order valence-corrected chi connectivity index (χ4v) is 3.80. The van der Waals surface area contributed by atoms with Crippen molar-refractivity contribution in [2.75, 3.05) is 5.73 Å². The number of allylic oxidation sites excluding steroid dienone is 1. The van der Waals surface area contributed by atoms with Crippen LogP contribution in [0.2, 0.25) is 0 Å². The predicted octanol–water partition coefficient (Wildman–Crippen LogP) is 3.62. The molecule has 1 saturated heterocycles. The molecule has 22 heavy (non-hydrogen) atoms. The van der Waals surface area contributed by atoms with Crippen LogP contribution in [-0.4, -0.2) is 23.3 Å². The van der Waals surface area contributed by atoms with E-state index < -0.39 is 18.3 Å². The lowest BCUT2D eigenvalue weighted by atomic mass is 9.78. The summed E-state index contributed by atoms with van der Waals surface area (Å²) < 4.78 is 26.8. The van der Waals surface area contributed by atoms with E-state index >= 15 is 4.39 Å². The maximum atomic E-state index is 15.1. The summed E-state index contributed by atoms with van der Waals surface area (Å²) in [5.41, 5.74) is 5.90. The molecule has 2 heterocycles. The van der Waals surface area contributed by atoms with Gasteiger partial charge in [0.15, 0.2) is 5.13 Å². The molecule has 1 atom stereocenters. The summed E-state index contributed by atoms with van der Waals surface area (Å²) in [7, 11) is -0.957. The number of anilines is 1. The van der Waals surface area contributed by atoms with Gasteiger partial charge in [-0.05, 0) is 52.0 Å². The molecule has 4 nitrogen and oxygen atoms in total. The van der Waals surface area contributed by atoms with Gasteiger partial charge >= 0.3 is 7.12 Å². The third-order valence-electron chi connectivity index (χ3n) is 4.83. The molecule has 1 aromatic rings. The Hall–Kier alpha value is -0.915. The molecule has 1 aliphatic carbocycles.